The molecule has 15 heavy (non-hydrogen) atoms. The van der Waals surface area contributed by atoms with Gasteiger partial charge in [0.2, 0.25) is 11.9 Å². The van der Waals surface area contributed by atoms with Gasteiger partial charge in [0.05, 0.1) is 5.39 Å². The van der Waals surface area contributed by atoms with Crippen molar-refractivity contribution in [3.63, 3.8) is 0 Å². The van der Waals surface area contributed by atoms with Crippen molar-refractivity contribution in [2.45, 2.75) is 6.54 Å². The predicted octanol–water partition coefficient (Wildman–Crippen LogP) is 1.45. The van der Waals surface area contributed by atoms with E-state index >= 15 is 0 Å². The summed E-state index contributed by atoms with van der Waals surface area (Å²) in [5.41, 5.74) is 0.249. The van der Waals surface area contributed by atoms with Crippen LogP contribution in [-0.4, -0.2) is 5.11 Å². The minimum atomic E-state index is -0.204. The Kier molecular flexibility index (Phi) is 2.21. The fraction of sp³-hybridized carbons (Fsp3) is 0.100. The minimum Gasteiger partial charge on any atom is -0.618 e. The second-order valence-corrected chi connectivity index (χ2v) is 3.12. The first-order valence-electron chi connectivity index (χ1n) is 4.36. The highest BCUT2D eigenvalue weighted by Gasteiger charge is 2.14. The summed E-state index contributed by atoms with van der Waals surface area (Å²) >= 11 is 0. The van der Waals surface area contributed by atoms with Gasteiger partial charge in [-0.05, 0) is 6.07 Å². The standard InChI is InChI=1S/C10H8N2O3/c13-10-6-12(15)9(5-11-14)7-3-1-2-4-8(7)10/h1-4,6,13H,5H2. The Hall–Kier alpha value is -2.17. The summed E-state index contributed by atoms with van der Waals surface area (Å²) in [7, 11) is 0. The third-order valence-electron chi connectivity index (χ3n) is 2.23. The summed E-state index contributed by atoms with van der Waals surface area (Å²) in [6, 6.07) is 6.83. The molecule has 0 bridgehead atoms. The van der Waals surface area contributed by atoms with E-state index in [9.17, 15) is 15.2 Å². The second-order valence-electron chi connectivity index (χ2n) is 3.12. The van der Waals surface area contributed by atoms with Crippen LogP contribution in [0.25, 0.3) is 10.8 Å². The van der Waals surface area contributed by atoms with Crippen molar-refractivity contribution in [1.82, 2.24) is 0 Å². The molecule has 5 heteroatoms. The van der Waals surface area contributed by atoms with E-state index in [1.807, 2.05) is 0 Å². The number of aromatic hydroxyl groups is 1. The van der Waals surface area contributed by atoms with E-state index in [1.165, 1.54) is 0 Å². The lowest BCUT2D eigenvalue weighted by Gasteiger charge is -2.06. The smallest absolute Gasteiger partial charge is 0.226 e. The van der Waals surface area contributed by atoms with Crippen LogP contribution in [0.5, 0.6) is 5.75 Å². The average molecular weight is 204 g/mol. The van der Waals surface area contributed by atoms with Gasteiger partial charge in [0.15, 0.2) is 12.3 Å². The number of nitrogens with zero attached hydrogens (tertiary/aromatic N) is 2. The number of hydrogen-bond acceptors (Lipinski definition) is 4. The molecule has 1 aromatic heterocycles. The maximum absolute atomic E-state index is 11.4. The van der Waals surface area contributed by atoms with Crippen LogP contribution in [0.2, 0.25) is 0 Å². The van der Waals surface area contributed by atoms with Crippen LogP contribution in [0.3, 0.4) is 0 Å². The molecular weight excluding hydrogens is 196 g/mol. The highest BCUT2D eigenvalue weighted by Crippen LogP contribution is 2.24. The van der Waals surface area contributed by atoms with Crippen LogP contribution in [0.15, 0.2) is 35.6 Å². The SMILES string of the molecule is O=NCc1c2ccccc2c(O)c[n+]1[O-]. The minimum absolute atomic E-state index is 0.102. The van der Waals surface area contributed by atoms with Gasteiger partial charge in [-0.2, -0.15) is 9.64 Å². The first-order chi connectivity index (χ1) is 7.24. The van der Waals surface area contributed by atoms with Gasteiger partial charge in [-0.3, -0.25) is 0 Å². The van der Waals surface area contributed by atoms with Gasteiger partial charge >= 0.3 is 0 Å². The number of nitroso groups, excluding NO2 is 1. The maximum Gasteiger partial charge on any atom is 0.226 e. The average Bonchev–Trinajstić information content (AvgIpc) is 2.24. The van der Waals surface area contributed by atoms with E-state index in [0.717, 1.165) is 6.20 Å². The number of aromatic nitrogens is 1. The third-order valence-corrected chi connectivity index (χ3v) is 2.23. The lowest BCUT2D eigenvalue weighted by atomic mass is 10.1. The van der Waals surface area contributed by atoms with Gasteiger partial charge in [0.25, 0.3) is 0 Å². The fourth-order valence-corrected chi connectivity index (χ4v) is 1.55. The van der Waals surface area contributed by atoms with Crippen molar-refractivity contribution in [3.8, 4) is 5.75 Å². The summed E-state index contributed by atoms with van der Waals surface area (Å²) in [4.78, 5) is 10.2. The zero-order valence-electron chi connectivity index (χ0n) is 7.75. The lowest BCUT2D eigenvalue weighted by molar-refractivity contribution is -0.612. The Bertz CT molecular complexity index is 525. The summed E-state index contributed by atoms with van der Waals surface area (Å²) in [6.45, 7) is -0.204. The fourth-order valence-electron chi connectivity index (χ4n) is 1.55. The Balaban J connectivity index is 2.83. The molecule has 2 aromatic rings. The monoisotopic (exact) mass is 204 g/mol. The van der Waals surface area contributed by atoms with Gasteiger partial charge in [0.1, 0.15) is 0 Å². The lowest BCUT2D eigenvalue weighted by Crippen LogP contribution is -2.31. The topological polar surface area (TPSA) is 76.6 Å². The number of hydrogen-bond donors (Lipinski definition) is 1. The molecule has 0 saturated heterocycles. The molecule has 0 aliphatic carbocycles. The van der Waals surface area contributed by atoms with Gasteiger partial charge in [0, 0.05) is 5.39 Å². The summed E-state index contributed by atoms with van der Waals surface area (Å²) in [6.07, 6.45) is 1.03. The van der Waals surface area contributed by atoms with E-state index in [0.29, 0.717) is 15.5 Å². The predicted molar refractivity (Wildman–Crippen MR) is 54.1 cm³/mol. The first-order valence-corrected chi connectivity index (χ1v) is 4.36. The van der Waals surface area contributed by atoms with Crippen molar-refractivity contribution in [1.29, 1.82) is 0 Å². The molecule has 0 amide bonds. The van der Waals surface area contributed by atoms with Gasteiger partial charge in [-0.1, -0.05) is 23.4 Å². The van der Waals surface area contributed by atoms with Crippen molar-refractivity contribution in [2.24, 2.45) is 5.18 Å². The normalized spacial score (nSPS) is 10.4. The van der Waals surface area contributed by atoms with Gasteiger partial charge in [-0.25, -0.2) is 0 Å². The van der Waals surface area contributed by atoms with Crippen molar-refractivity contribution < 1.29 is 9.84 Å². The van der Waals surface area contributed by atoms with E-state index in [1.54, 1.807) is 24.3 Å². The van der Waals surface area contributed by atoms with Crippen LogP contribution < -0.4 is 4.73 Å². The van der Waals surface area contributed by atoms with Gasteiger partial charge in [-0.15, -0.1) is 0 Å². The zero-order valence-corrected chi connectivity index (χ0v) is 7.75. The van der Waals surface area contributed by atoms with Crippen LogP contribution >= 0.6 is 0 Å². The van der Waals surface area contributed by atoms with Crippen LogP contribution in [0, 0.1) is 10.1 Å². The van der Waals surface area contributed by atoms with Crippen molar-refractivity contribution in [2.75, 3.05) is 0 Å². The Morgan fingerprint density at radius 1 is 1.33 bits per heavy atom. The van der Waals surface area contributed by atoms with Crippen molar-refractivity contribution in [3.05, 3.63) is 46.3 Å². The molecule has 0 atom stereocenters. The van der Waals surface area contributed by atoms with Crippen LogP contribution in [0.1, 0.15) is 5.69 Å². The molecule has 0 radical (unpaired) electrons. The first kappa shape index (κ1) is 9.39. The molecule has 2 rings (SSSR count). The molecule has 0 saturated carbocycles. The van der Waals surface area contributed by atoms with Gasteiger partial charge < -0.3 is 10.3 Å². The molecule has 1 aromatic carbocycles. The molecule has 0 aliphatic heterocycles. The summed E-state index contributed by atoms with van der Waals surface area (Å²) in [5, 5.41) is 24.7. The molecule has 1 heterocycles. The van der Waals surface area contributed by atoms with E-state index < -0.39 is 0 Å². The number of rotatable bonds is 2. The Morgan fingerprint density at radius 3 is 2.67 bits per heavy atom. The molecular formula is C10H8N2O3. The second kappa shape index (κ2) is 3.53. The summed E-state index contributed by atoms with van der Waals surface area (Å²) < 4.78 is 0.471. The van der Waals surface area contributed by atoms with E-state index in [4.69, 9.17) is 0 Å². The quantitative estimate of drug-likeness (QED) is 0.457. The van der Waals surface area contributed by atoms with E-state index in [2.05, 4.69) is 5.18 Å². The van der Waals surface area contributed by atoms with Crippen LogP contribution in [0.4, 0.5) is 0 Å². The number of benzene rings is 1. The number of fused-ring (bicyclic) bond motifs is 1. The Morgan fingerprint density at radius 2 is 2.00 bits per heavy atom. The highest BCUT2D eigenvalue weighted by atomic mass is 16.5. The summed E-state index contributed by atoms with van der Waals surface area (Å²) in [5.74, 6) is -0.102. The Labute approximate surface area is 85.1 Å². The van der Waals surface area contributed by atoms with E-state index in [-0.39, 0.29) is 18.0 Å². The third kappa shape index (κ3) is 1.48. The molecule has 1 N–H and O–H groups in total. The maximum atomic E-state index is 11.4. The number of pyridine rings is 1. The zero-order chi connectivity index (χ0) is 10.8. The molecule has 0 unspecified atom stereocenters. The van der Waals surface area contributed by atoms with Crippen LogP contribution in [-0.2, 0) is 6.54 Å². The molecule has 76 valence electrons. The largest absolute Gasteiger partial charge is 0.618 e. The van der Waals surface area contributed by atoms with Crippen molar-refractivity contribution >= 4 is 10.8 Å². The highest BCUT2D eigenvalue weighted by molar-refractivity contribution is 5.88. The molecule has 0 fully saturated rings. The molecule has 0 aliphatic rings. The molecule has 5 nitrogen and oxygen atoms in total. The molecule has 0 spiro atoms.